The summed E-state index contributed by atoms with van der Waals surface area (Å²) in [4.78, 5) is 0. The third kappa shape index (κ3) is 17.7. The first kappa shape index (κ1) is 64.8. The van der Waals surface area contributed by atoms with Gasteiger partial charge in [-0.25, -0.2) is 0 Å². The normalized spacial score (nSPS) is 11.0. The molecule has 0 bridgehead atoms. The molecular weight excluding hydrogens is 1460 g/mol. The first-order chi connectivity index (χ1) is 36.0. The smallest absolute Gasteiger partial charge is 0.152 e. The molecule has 0 radical (unpaired) electrons. The summed E-state index contributed by atoms with van der Waals surface area (Å²) >= 11 is 72.2. The second-order valence-electron chi connectivity index (χ2n) is 17.3. The Bertz CT molecular complexity index is 3120. The Morgan fingerprint density at radius 3 is 0.792 bits per heavy atom. The van der Waals surface area contributed by atoms with E-state index in [0.717, 1.165) is 44.5 Å². The van der Waals surface area contributed by atoms with E-state index in [1.54, 1.807) is 84.9 Å². The van der Waals surface area contributed by atoms with Crippen LogP contribution >= 0.6 is 180 Å². The van der Waals surface area contributed by atoms with Crippen LogP contribution in [0.1, 0.15) is 58.4 Å². The van der Waals surface area contributed by atoms with Crippen molar-refractivity contribution >= 4 is 180 Å². The summed E-state index contributed by atoms with van der Waals surface area (Å²) in [6, 6.07) is 30.8. The Morgan fingerprint density at radius 2 is 0.532 bits per heavy atom. The molecule has 8 aromatic rings. The minimum Gasteiger partial charge on any atom is -0.506 e. The number of phenols is 8. The van der Waals surface area contributed by atoms with Crippen molar-refractivity contribution in [2.75, 3.05) is 0 Å². The molecule has 22 heteroatoms. The van der Waals surface area contributed by atoms with Crippen LogP contribution in [-0.4, -0.2) is 40.9 Å². The van der Waals surface area contributed by atoms with E-state index in [2.05, 4.69) is 63.7 Å². The third-order valence-electron chi connectivity index (χ3n) is 11.3. The van der Waals surface area contributed by atoms with Crippen LogP contribution in [0.3, 0.4) is 0 Å². The average Bonchev–Trinajstić information content (AvgIpc) is 3.36. The van der Waals surface area contributed by atoms with E-state index < -0.39 is 5.41 Å². The van der Waals surface area contributed by atoms with E-state index in [1.807, 2.05) is 38.1 Å². The summed E-state index contributed by atoms with van der Waals surface area (Å²) in [6.45, 7) is 3.87. The minimum absolute atomic E-state index is 0.0687. The van der Waals surface area contributed by atoms with Gasteiger partial charge in [0.25, 0.3) is 0 Å². The van der Waals surface area contributed by atoms with Crippen molar-refractivity contribution in [2.45, 2.75) is 44.9 Å². The van der Waals surface area contributed by atoms with Crippen molar-refractivity contribution in [3.63, 3.8) is 0 Å². The molecule has 0 unspecified atom stereocenters. The Balaban J connectivity index is 0.000000190. The fourth-order valence-electron chi connectivity index (χ4n) is 7.07. The summed E-state index contributed by atoms with van der Waals surface area (Å²) in [7, 11) is 0. The molecule has 8 nitrogen and oxygen atoms in total. The fourth-order valence-corrected chi connectivity index (χ4v) is 12.1. The number of aryl methyl sites for hydroxylation is 2. The van der Waals surface area contributed by atoms with E-state index in [4.69, 9.17) is 116 Å². The zero-order chi connectivity index (χ0) is 57.4. The number of aromatic hydroxyl groups is 8. The Labute approximate surface area is 527 Å². The molecule has 0 spiro atoms. The lowest BCUT2D eigenvalue weighted by Crippen LogP contribution is -2.19. The lowest BCUT2D eigenvalue weighted by molar-refractivity contribution is 0.468. The van der Waals surface area contributed by atoms with Crippen molar-refractivity contribution in [3.05, 3.63) is 222 Å². The molecule has 0 fully saturated rings. The van der Waals surface area contributed by atoms with Crippen molar-refractivity contribution in [2.24, 2.45) is 0 Å². The molecule has 406 valence electrons. The molecular formula is C55H40Br4Cl10O8. The van der Waals surface area contributed by atoms with Crippen LogP contribution in [0.2, 0.25) is 50.2 Å². The van der Waals surface area contributed by atoms with Gasteiger partial charge in [0.15, 0.2) is 23.0 Å². The van der Waals surface area contributed by atoms with Gasteiger partial charge in [0, 0.05) is 5.41 Å². The van der Waals surface area contributed by atoms with Gasteiger partial charge < -0.3 is 40.9 Å². The molecule has 0 amide bonds. The lowest BCUT2D eigenvalue weighted by Gasteiger charge is -2.27. The molecule has 0 aromatic heterocycles. The molecule has 0 aliphatic heterocycles. The Kier molecular flexibility index (Phi) is 24.1. The van der Waals surface area contributed by atoms with Gasteiger partial charge in [-0.05, 0) is 231 Å². The second-order valence-corrected chi connectivity index (χ2v) is 24.7. The maximum Gasteiger partial charge on any atom is 0.152 e. The minimum atomic E-state index is -0.526. The van der Waals surface area contributed by atoms with Gasteiger partial charge in [-0.3, -0.25) is 0 Å². The fraction of sp³-hybridized carbons (Fsp3) is 0.127. The second kappa shape index (κ2) is 28.6. The van der Waals surface area contributed by atoms with Gasteiger partial charge >= 0.3 is 0 Å². The van der Waals surface area contributed by atoms with Crippen LogP contribution in [0.25, 0.3) is 0 Å². The summed E-state index contributed by atoms with van der Waals surface area (Å²) in [5.74, 6) is -0.0214. The monoisotopic (exact) mass is 1490 g/mol. The van der Waals surface area contributed by atoms with Crippen LogP contribution in [0.4, 0.5) is 0 Å². The van der Waals surface area contributed by atoms with Crippen LogP contribution in [-0.2, 0) is 31.1 Å². The van der Waals surface area contributed by atoms with Crippen molar-refractivity contribution < 1.29 is 40.9 Å². The summed E-state index contributed by atoms with van der Waals surface area (Å²) in [5, 5.41) is 78.5. The van der Waals surface area contributed by atoms with E-state index in [-0.39, 0.29) is 86.2 Å². The highest BCUT2D eigenvalue weighted by atomic mass is 79.9. The Hall–Kier alpha value is -3.02. The summed E-state index contributed by atoms with van der Waals surface area (Å²) in [5.41, 5.74) is 6.84. The highest BCUT2D eigenvalue weighted by Gasteiger charge is 2.27. The largest absolute Gasteiger partial charge is 0.506 e. The van der Waals surface area contributed by atoms with Gasteiger partial charge in [-0.1, -0.05) is 142 Å². The van der Waals surface area contributed by atoms with Gasteiger partial charge in [-0.2, -0.15) is 0 Å². The van der Waals surface area contributed by atoms with E-state index >= 15 is 0 Å². The molecule has 0 aliphatic carbocycles. The zero-order valence-corrected chi connectivity index (χ0v) is 53.5. The quantitative estimate of drug-likeness (QED) is 0.0709. The summed E-state index contributed by atoms with van der Waals surface area (Å²) < 4.78 is 2.59. The van der Waals surface area contributed by atoms with Gasteiger partial charge in [0.1, 0.15) is 23.0 Å². The van der Waals surface area contributed by atoms with E-state index in [0.29, 0.717) is 53.6 Å². The van der Waals surface area contributed by atoms with Crippen LogP contribution < -0.4 is 0 Å². The number of hydrogen-bond acceptors (Lipinski definition) is 8. The molecule has 77 heavy (non-hydrogen) atoms. The number of halogens is 14. The maximum absolute atomic E-state index is 9.68. The molecule has 0 atom stereocenters. The predicted molar refractivity (Wildman–Crippen MR) is 331 cm³/mol. The SMILES string of the molecule is CC(C)(c1cc(Cl)c(O)c(Cl)c1)c1cc(Cl)c(O)c(Cl)c1.Oc1c(Br)cc(Cc2cc(Br)c(O)c(Br)c2)cc1Br.Oc1c(Cl)cc(CCc2cc(Cl)c(O)c(Cl)c2)cc1Cl.Oc1ccc(Cc2ccc(O)c(Cl)c2)cc1Cl. The standard InChI is InChI=1S/C15H12Cl4O2.C14H10Cl4O2.C13H8Br4O2.C13H10Cl2O2/c1-15(2,7-3-9(16)13(20)10(17)4-7)8-5-11(18)14(21)12(19)6-8;15-9-3-7(4-10(16)13(9)19)1-2-8-5-11(17)14(20)12(18)6-8;14-8-2-6(3-9(15)12(8)18)1-7-4-10(16)13(19)11(17)5-7;14-10-6-8(1-3-12(10)16)5-9-2-4-13(17)11(15)7-9/h3-6,20-21H,1-2H3;3-6,19-20H,1-2H2;2-5,18-19H,1H2;1-4,6-7,16-17H,5H2. The van der Waals surface area contributed by atoms with Crippen molar-refractivity contribution in [3.8, 4) is 46.0 Å². The number of benzene rings is 8. The average molecular weight is 1500 g/mol. The van der Waals surface area contributed by atoms with Crippen molar-refractivity contribution in [1.29, 1.82) is 0 Å². The topological polar surface area (TPSA) is 162 Å². The van der Waals surface area contributed by atoms with Crippen LogP contribution in [0, 0.1) is 0 Å². The number of rotatable bonds is 9. The molecule has 0 saturated heterocycles. The molecule has 0 saturated carbocycles. The van der Waals surface area contributed by atoms with Gasteiger partial charge in [-0.15, -0.1) is 0 Å². The third-order valence-corrected chi connectivity index (χ3v) is 16.7. The highest BCUT2D eigenvalue weighted by Crippen LogP contribution is 2.44. The first-order valence-electron chi connectivity index (χ1n) is 22.0. The Morgan fingerprint density at radius 1 is 0.299 bits per heavy atom. The predicted octanol–water partition coefficient (Wildman–Crippen LogP) is 21.3. The highest BCUT2D eigenvalue weighted by molar-refractivity contribution is 9.11. The lowest BCUT2D eigenvalue weighted by atomic mass is 9.78. The summed E-state index contributed by atoms with van der Waals surface area (Å²) in [6.07, 6.45) is 2.63. The molecule has 0 heterocycles. The maximum atomic E-state index is 9.68. The van der Waals surface area contributed by atoms with Gasteiger partial charge in [0.05, 0.1) is 68.1 Å². The van der Waals surface area contributed by atoms with E-state index in [1.165, 1.54) is 0 Å². The van der Waals surface area contributed by atoms with Crippen LogP contribution in [0.5, 0.6) is 46.0 Å². The number of hydrogen-bond donors (Lipinski definition) is 8. The molecule has 8 N–H and O–H groups in total. The first-order valence-corrected chi connectivity index (χ1v) is 28.9. The molecule has 0 aliphatic rings. The van der Waals surface area contributed by atoms with Crippen LogP contribution in [0.15, 0.2) is 127 Å². The van der Waals surface area contributed by atoms with E-state index in [9.17, 15) is 40.9 Å². The van der Waals surface area contributed by atoms with Gasteiger partial charge in [0.2, 0.25) is 0 Å². The number of phenolic OH excluding ortho intramolecular Hbond substituents is 8. The zero-order valence-electron chi connectivity index (χ0n) is 39.6. The molecule has 8 aromatic carbocycles. The molecule has 8 rings (SSSR count). The van der Waals surface area contributed by atoms with Crippen molar-refractivity contribution in [1.82, 2.24) is 0 Å².